The molecule has 1 amide bonds. The van der Waals surface area contributed by atoms with Crippen molar-refractivity contribution >= 4 is 23.4 Å². The van der Waals surface area contributed by atoms with Gasteiger partial charge in [-0.25, -0.2) is 0 Å². The summed E-state index contributed by atoms with van der Waals surface area (Å²) in [7, 11) is 3.51. The lowest BCUT2D eigenvalue weighted by Gasteiger charge is -2.21. The third-order valence-electron chi connectivity index (χ3n) is 4.39. The summed E-state index contributed by atoms with van der Waals surface area (Å²) in [6.07, 6.45) is 1.39. The molecular weight excluding hydrogens is 370 g/mol. The maximum absolute atomic E-state index is 12.2. The zero-order valence-electron chi connectivity index (χ0n) is 18.0. The summed E-state index contributed by atoms with van der Waals surface area (Å²) in [5.74, 6) is 2.58. The molecule has 2 aromatic rings. The Morgan fingerprint density at radius 2 is 1.79 bits per heavy atom. The van der Waals surface area contributed by atoms with E-state index in [2.05, 4.69) is 13.8 Å². The lowest BCUT2D eigenvalue weighted by atomic mass is 10.1. The molecule has 0 bridgehead atoms. The summed E-state index contributed by atoms with van der Waals surface area (Å²) in [6, 6.07) is 9.89. The Labute approximate surface area is 173 Å². The SMILES string of the molecule is CCCC(=O)N(C)c1cc(C)c(Oc2ccc(OC)c(SC(C)C)c2)c(C)c1. The number of rotatable bonds is 8. The second kappa shape index (κ2) is 9.87. The molecule has 2 rings (SSSR count). The second-order valence-electron chi connectivity index (χ2n) is 7.19. The molecule has 0 aliphatic carbocycles. The van der Waals surface area contributed by atoms with Gasteiger partial charge in [0.1, 0.15) is 17.2 Å². The van der Waals surface area contributed by atoms with Crippen LogP contribution in [0.25, 0.3) is 0 Å². The van der Waals surface area contributed by atoms with Crippen LogP contribution in [-0.2, 0) is 4.79 Å². The van der Waals surface area contributed by atoms with Crippen LogP contribution in [0.5, 0.6) is 17.2 Å². The molecule has 0 aliphatic rings. The minimum atomic E-state index is 0.125. The number of hydrogen-bond acceptors (Lipinski definition) is 4. The zero-order valence-corrected chi connectivity index (χ0v) is 18.8. The van der Waals surface area contributed by atoms with Crippen molar-refractivity contribution in [3.05, 3.63) is 41.5 Å². The topological polar surface area (TPSA) is 38.8 Å². The molecule has 5 heteroatoms. The van der Waals surface area contributed by atoms with Crippen LogP contribution in [0.15, 0.2) is 35.2 Å². The minimum Gasteiger partial charge on any atom is -0.496 e. The molecule has 152 valence electrons. The molecular formula is C23H31NO3S. The highest BCUT2D eigenvalue weighted by molar-refractivity contribution is 8.00. The number of hydrogen-bond donors (Lipinski definition) is 0. The Balaban J connectivity index is 2.31. The number of aryl methyl sites for hydroxylation is 2. The van der Waals surface area contributed by atoms with Crippen LogP contribution < -0.4 is 14.4 Å². The van der Waals surface area contributed by atoms with Crippen molar-refractivity contribution in [2.45, 2.75) is 57.6 Å². The molecule has 0 saturated carbocycles. The Morgan fingerprint density at radius 3 is 2.32 bits per heavy atom. The van der Waals surface area contributed by atoms with Crippen LogP contribution in [-0.4, -0.2) is 25.3 Å². The van der Waals surface area contributed by atoms with Gasteiger partial charge in [0.25, 0.3) is 0 Å². The van der Waals surface area contributed by atoms with Crippen LogP contribution >= 0.6 is 11.8 Å². The molecule has 2 aromatic carbocycles. The van der Waals surface area contributed by atoms with E-state index in [1.165, 1.54) is 0 Å². The van der Waals surface area contributed by atoms with E-state index in [0.29, 0.717) is 11.7 Å². The van der Waals surface area contributed by atoms with Crippen molar-refractivity contribution in [3.8, 4) is 17.2 Å². The lowest BCUT2D eigenvalue weighted by Crippen LogP contribution is -2.25. The smallest absolute Gasteiger partial charge is 0.226 e. The molecule has 4 nitrogen and oxygen atoms in total. The van der Waals surface area contributed by atoms with Gasteiger partial charge in [0.15, 0.2) is 0 Å². The number of thioether (sulfide) groups is 1. The minimum absolute atomic E-state index is 0.125. The molecule has 0 atom stereocenters. The Kier molecular flexibility index (Phi) is 7.81. The Bertz CT molecular complexity index is 810. The molecule has 0 aliphatic heterocycles. The van der Waals surface area contributed by atoms with E-state index in [-0.39, 0.29) is 5.91 Å². The monoisotopic (exact) mass is 401 g/mol. The van der Waals surface area contributed by atoms with Crippen molar-refractivity contribution in [3.63, 3.8) is 0 Å². The van der Waals surface area contributed by atoms with Crippen LogP contribution in [0, 0.1) is 13.8 Å². The number of carbonyl (C=O) groups excluding carboxylic acids is 1. The molecule has 0 spiro atoms. The average molecular weight is 402 g/mol. The van der Waals surface area contributed by atoms with Gasteiger partial charge >= 0.3 is 0 Å². The van der Waals surface area contributed by atoms with Crippen LogP contribution in [0.3, 0.4) is 0 Å². The molecule has 0 aromatic heterocycles. The molecule has 0 N–H and O–H groups in total. The van der Waals surface area contributed by atoms with Gasteiger partial charge in [-0.3, -0.25) is 4.79 Å². The second-order valence-corrected chi connectivity index (χ2v) is 8.81. The highest BCUT2D eigenvalue weighted by Gasteiger charge is 2.15. The first kappa shape index (κ1) is 22.2. The number of amides is 1. The van der Waals surface area contributed by atoms with Crippen LogP contribution in [0.2, 0.25) is 0 Å². The first-order valence-corrected chi connectivity index (χ1v) is 10.5. The maximum atomic E-state index is 12.2. The Hall–Kier alpha value is -2.14. The first-order chi connectivity index (χ1) is 13.3. The summed E-state index contributed by atoms with van der Waals surface area (Å²) in [5.41, 5.74) is 2.90. The van der Waals surface area contributed by atoms with Gasteiger partial charge in [-0.15, -0.1) is 11.8 Å². The fraction of sp³-hybridized carbons (Fsp3) is 0.435. The van der Waals surface area contributed by atoms with Gasteiger partial charge in [0.2, 0.25) is 5.91 Å². The summed E-state index contributed by atoms with van der Waals surface area (Å²) >= 11 is 1.75. The van der Waals surface area contributed by atoms with Gasteiger partial charge in [-0.1, -0.05) is 20.8 Å². The van der Waals surface area contributed by atoms with E-state index in [4.69, 9.17) is 9.47 Å². The number of carbonyl (C=O) groups is 1. The predicted octanol–water partition coefficient (Wildman–Crippen LogP) is 6.37. The lowest BCUT2D eigenvalue weighted by molar-refractivity contribution is -0.118. The fourth-order valence-electron chi connectivity index (χ4n) is 2.99. The molecule has 0 unspecified atom stereocenters. The zero-order chi connectivity index (χ0) is 20.8. The van der Waals surface area contributed by atoms with E-state index >= 15 is 0 Å². The van der Waals surface area contributed by atoms with E-state index < -0.39 is 0 Å². The van der Waals surface area contributed by atoms with Crippen molar-refractivity contribution < 1.29 is 14.3 Å². The van der Waals surface area contributed by atoms with Gasteiger partial charge in [0, 0.05) is 24.4 Å². The quantitative estimate of drug-likeness (QED) is 0.482. The van der Waals surface area contributed by atoms with Gasteiger partial charge in [-0.05, 0) is 61.7 Å². The fourth-order valence-corrected chi connectivity index (χ4v) is 3.95. The summed E-state index contributed by atoms with van der Waals surface area (Å²) in [4.78, 5) is 15.0. The number of benzene rings is 2. The number of ether oxygens (including phenoxy) is 2. The summed E-state index contributed by atoms with van der Waals surface area (Å²) in [6.45, 7) is 10.3. The third-order valence-corrected chi connectivity index (χ3v) is 5.43. The summed E-state index contributed by atoms with van der Waals surface area (Å²) < 4.78 is 11.7. The highest BCUT2D eigenvalue weighted by atomic mass is 32.2. The molecule has 0 fully saturated rings. The average Bonchev–Trinajstić information content (AvgIpc) is 2.63. The van der Waals surface area contributed by atoms with E-state index in [9.17, 15) is 4.79 Å². The normalized spacial score (nSPS) is 10.9. The molecule has 0 heterocycles. The Morgan fingerprint density at radius 1 is 1.14 bits per heavy atom. The van der Waals surface area contributed by atoms with E-state index in [1.807, 2.05) is 58.2 Å². The van der Waals surface area contributed by atoms with Crippen molar-refractivity contribution in [2.75, 3.05) is 19.1 Å². The third kappa shape index (κ3) is 5.44. The van der Waals surface area contributed by atoms with Gasteiger partial charge in [-0.2, -0.15) is 0 Å². The molecule has 0 radical (unpaired) electrons. The largest absolute Gasteiger partial charge is 0.496 e. The van der Waals surface area contributed by atoms with Crippen LogP contribution in [0.4, 0.5) is 5.69 Å². The number of anilines is 1. The van der Waals surface area contributed by atoms with Gasteiger partial charge in [0.05, 0.1) is 12.0 Å². The first-order valence-electron chi connectivity index (χ1n) is 9.67. The number of nitrogens with zero attached hydrogens (tertiary/aromatic N) is 1. The highest BCUT2D eigenvalue weighted by Crippen LogP contribution is 2.38. The van der Waals surface area contributed by atoms with E-state index in [1.54, 1.807) is 23.8 Å². The van der Waals surface area contributed by atoms with Gasteiger partial charge < -0.3 is 14.4 Å². The molecule has 28 heavy (non-hydrogen) atoms. The van der Waals surface area contributed by atoms with Crippen molar-refractivity contribution in [2.24, 2.45) is 0 Å². The predicted molar refractivity (Wildman–Crippen MR) is 118 cm³/mol. The molecule has 0 saturated heterocycles. The van der Waals surface area contributed by atoms with Crippen molar-refractivity contribution in [1.29, 1.82) is 0 Å². The standard InChI is InChI=1S/C23H31NO3S/c1-8-9-22(25)24(6)18-12-16(4)23(17(5)13-18)27-19-10-11-20(26-7)21(14-19)28-15(2)3/h10-15H,8-9H2,1-7H3. The van der Waals surface area contributed by atoms with E-state index in [0.717, 1.165) is 45.4 Å². The van der Waals surface area contributed by atoms with Crippen molar-refractivity contribution in [1.82, 2.24) is 0 Å². The maximum Gasteiger partial charge on any atom is 0.226 e. The van der Waals surface area contributed by atoms with Crippen LogP contribution in [0.1, 0.15) is 44.7 Å². The number of methoxy groups -OCH3 is 1. The summed E-state index contributed by atoms with van der Waals surface area (Å²) in [5, 5.41) is 0.447.